The summed E-state index contributed by atoms with van der Waals surface area (Å²) in [5, 5.41) is 11.7. The van der Waals surface area contributed by atoms with Crippen LogP contribution in [0.15, 0.2) is 36.3 Å². The Balaban J connectivity index is 2.86. The maximum absolute atomic E-state index is 13.3. The van der Waals surface area contributed by atoms with Crippen LogP contribution in [0.2, 0.25) is 0 Å². The van der Waals surface area contributed by atoms with Gasteiger partial charge in [-0.3, -0.25) is 19.2 Å². The van der Waals surface area contributed by atoms with Crippen molar-refractivity contribution in [3.05, 3.63) is 41.8 Å². The molecular weight excluding hydrogens is 635 g/mol. The van der Waals surface area contributed by atoms with E-state index >= 15 is 0 Å². The van der Waals surface area contributed by atoms with Crippen LogP contribution in [0.25, 0.3) is 0 Å². The Bertz CT molecular complexity index is 1290. The van der Waals surface area contributed by atoms with Crippen LogP contribution in [-0.2, 0) is 40.4 Å². The number of urea groups is 1. The van der Waals surface area contributed by atoms with Gasteiger partial charge in [0, 0.05) is 24.1 Å². The fraction of sp³-hybridized carbons (Fsp3) is 0.581. The molecule has 0 unspecified atom stereocenters. The molecule has 6 N–H and O–H groups in total. The minimum absolute atomic E-state index is 0.0361. The third-order valence-electron chi connectivity index (χ3n) is 6.79. The second-order valence-corrected chi connectivity index (χ2v) is 15.0. The van der Waals surface area contributed by atoms with Crippen LogP contribution in [0.1, 0.15) is 78.2 Å². The van der Waals surface area contributed by atoms with Crippen molar-refractivity contribution in [1.29, 1.82) is 0 Å². The highest BCUT2D eigenvalue weighted by molar-refractivity contribution is 7.94. The van der Waals surface area contributed by atoms with Crippen LogP contribution in [-0.4, -0.2) is 67.3 Å². The minimum atomic E-state index is -3.29. The summed E-state index contributed by atoms with van der Waals surface area (Å²) in [5.41, 5.74) is 6.27. The number of anilines is 1. The van der Waals surface area contributed by atoms with Crippen molar-refractivity contribution in [2.75, 3.05) is 17.6 Å². The zero-order valence-electron chi connectivity index (χ0n) is 27.1. The van der Waals surface area contributed by atoms with Gasteiger partial charge in [0.25, 0.3) is 0 Å². The molecule has 0 fully saturated rings. The van der Waals surface area contributed by atoms with Crippen molar-refractivity contribution < 1.29 is 37.1 Å². The summed E-state index contributed by atoms with van der Waals surface area (Å²) in [4.78, 5) is 62.2. The lowest BCUT2D eigenvalue weighted by atomic mass is 10.0. The van der Waals surface area contributed by atoms with E-state index in [1.807, 2.05) is 0 Å². The van der Waals surface area contributed by atoms with E-state index in [4.69, 9.17) is 10.5 Å². The summed E-state index contributed by atoms with van der Waals surface area (Å²) < 4.78 is 27.4. The average molecular weight is 684 g/mol. The second kappa shape index (κ2) is 19.8. The van der Waals surface area contributed by atoms with E-state index in [1.165, 1.54) is 0 Å². The molecule has 0 saturated carbocycles. The molecule has 2 atom stereocenters. The number of hydrogen-bond donors (Lipinski definition) is 6. The quantitative estimate of drug-likeness (QED) is 0.0645. The third kappa shape index (κ3) is 16.6. The van der Waals surface area contributed by atoms with Crippen molar-refractivity contribution in [2.24, 2.45) is 11.7 Å². The van der Waals surface area contributed by atoms with Crippen LogP contribution < -0.4 is 27.0 Å². The van der Waals surface area contributed by atoms with Crippen molar-refractivity contribution in [3.8, 4) is 0 Å². The SMILES string of the molecule is C=CS(=O)(=O)CCCCCC(=O)N[C@@H](C(=O)N[C@H](CCCCNC(N)=O)C(=O)Nc1ccc(COC(=O)C(C)(C)S)cc1)C(C)C. The van der Waals surface area contributed by atoms with Crippen molar-refractivity contribution in [2.45, 2.75) is 96.1 Å². The van der Waals surface area contributed by atoms with Crippen LogP contribution in [0.5, 0.6) is 0 Å². The number of hydrogen-bond acceptors (Lipinski definition) is 9. The van der Waals surface area contributed by atoms with Gasteiger partial charge >= 0.3 is 12.0 Å². The van der Waals surface area contributed by atoms with Gasteiger partial charge in [-0.15, -0.1) is 0 Å². The average Bonchev–Trinajstić information content (AvgIpc) is 2.97. The molecule has 5 amide bonds. The Kier molecular flexibility index (Phi) is 17.4. The highest BCUT2D eigenvalue weighted by Crippen LogP contribution is 2.17. The molecule has 46 heavy (non-hydrogen) atoms. The fourth-order valence-corrected chi connectivity index (χ4v) is 4.92. The van der Waals surface area contributed by atoms with Crippen molar-refractivity contribution >= 4 is 57.9 Å². The molecule has 1 aromatic carbocycles. The number of nitrogens with two attached hydrogens (primary N) is 1. The van der Waals surface area contributed by atoms with Crippen LogP contribution >= 0.6 is 12.6 Å². The van der Waals surface area contributed by atoms with Gasteiger partial charge in [0.2, 0.25) is 17.7 Å². The number of carbonyl (C=O) groups excluding carboxylic acids is 5. The standard InChI is InChI=1S/C31H49N5O8S2/c1-6-46(42,43)19-11-7-8-13-25(37)36-26(21(2)3)28(39)35-24(12-9-10-18-33-30(32)41)27(38)34-23-16-14-22(15-17-23)20-44-29(40)31(4,5)45/h6,14-17,21,24,26,45H,1,7-13,18-20H2,2-5H3,(H,34,38)(H,35,39)(H,36,37)(H3,32,33,41)/t24-,26-/m1/s1. The highest BCUT2D eigenvalue weighted by Gasteiger charge is 2.29. The number of unbranched alkanes of at least 4 members (excludes halogenated alkanes) is 3. The molecule has 258 valence electrons. The van der Waals surface area contributed by atoms with E-state index < -0.39 is 50.5 Å². The Labute approximate surface area is 277 Å². The van der Waals surface area contributed by atoms with E-state index in [0.29, 0.717) is 49.9 Å². The van der Waals surface area contributed by atoms with Crippen molar-refractivity contribution in [1.82, 2.24) is 16.0 Å². The normalized spacial score (nSPS) is 12.8. The maximum atomic E-state index is 13.3. The molecule has 0 bridgehead atoms. The summed E-state index contributed by atoms with van der Waals surface area (Å²) in [7, 11) is -3.29. The second-order valence-electron chi connectivity index (χ2n) is 11.8. The third-order valence-corrected chi connectivity index (χ3v) is 8.34. The first kappa shape index (κ1) is 40.4. The molecule has 0 aliphatic carbocycles. The van der Waals surface area contributed by atoms with Crippen LogP contribution in [0.3, 0.4) is 0 Å². The number of carbonyl (C=O) groups is 5. The van der Waals surface area contributed by atoms with Gasteiger partial charge in [0.1, 0.15) is 23.4 Å². The molecule has 0 aliphatic rings. The Hall–Kier alpha value is -3.59. The molecule has 0 spiro atoms. The summed E-state index contributed by atoms with van der Waals surface area (Å²) >= 11 is 4.19. The topological polar surface area (TPSA) is 203 Å². The maximum Gasteiger partial charge on any atom is 0.321 e. The molecule has 0 radical (unpaired) electrons. The van der Waals surface area contributed by atoms with Crippen LogP contribution in [0.4, 0.5) is 10.5 Å². The van der Waals surface area contributed by atoms with E-state index in [1.54, 1.807) is 52.0 Å². The number of sulfone groups is 1. The summed E-state index contributed by atoms with van der Waals surface area (Å²) in [6, 6.07) is 4.15. The van der Waals surface area contributed by atoms with Gasteiger partial charge < -0.3 is 31.7 Å². The zero-order chi connectivity index (χ0) is 34.9. The van der Waals surface area contributed by atoms with Gasteiger partial charge in [0.15, 0.2) is 9.84 Å². The van der Waals surface area contributed by atoms with Gasteiger partial charge in [0.05, 0.1) is 5.75 Å². The molecule has 13 nitrogen and oxygen atoms in total. The van der Waals surface area contributed by atoms with E-state index in [-0.39, 0.29) is 37.0 Å². The number of primary amides is 1. The molecule has 0 aromatic heterocycles. The van der Waals surface area contributed by atoms with Gasteiger partial charge in [-0.2, -0.15) is 12.6 Å². The van der Waals surface area contributed by atoms with E-state index in [2.05, 4.69) is 40.5 Å². The smallest absolute Gasteiger partial charge is 0.321 e. The van der Waals surface area contributed by atoms with E-state index in [9.17, 15) is 32.4 Å². The number of ether oxygens (including phenoxy) is 1. The van der Waals surface area contributed by atoms with Gasteiger partial charge in [-0.25, -0.2) is 13.2 Å². The van der Waals surface area contributed by atoms with Gasteiger partial charge in [-0.05, 0) is 69.6 Å². The zero-order valence-corrected chi connectivity index (χ0v) is 28.8. The van der Waals surface area contributed by atoms with Crippen LogP contribution in [0, 0.1) is 5.92 Å². The summed E-state index contributed by atoms with van der Waals surface area (Å²) in [6.07, 6.45) is 2.71. The van der Waals surface area contributed by atoms with Crippen molar-refractivity contribution in [3.63, 3.8) is 0 Å². The number of thiol groups is 1. The number of benzene rings is 1. The Morgan fingerprint density at radius 2 is 1.63 bits per heavy atom. The number of esters is 1. The fourth-order valence-electron chi connectivity index (χ4n) is 4.08. The first-order valence-electron chi connectivity index (χ1n) is 15.2. The number of amides is 5. The predicted molar refractivity (Wildman–Crippen MR) is 181 cm³/mol. The lowest BCUT2D eigenvalue weighted by molar-refractivity contribution is -0.146. The lowest BCUT2D eigenvalue weighted by Crippen LogP contribution is -2.54. The Morgan fingerprint density at radius 1 is 0.978 bits per heavy atom. The van der Waals surface area contributed by atoms with Gasteiger partial charge in [-0.1, -0.05) is 39.0 Å². The minimum Gasteiger partial charge on any atom is -0.460 e. The summed E-state index contributed by atoms with van der Waals surface area (Å²) in [5.74, 6) is -2.16. The summed E-state index contributed by atoms with van der Waals surface area (Å²) in [6.45, 7) is 10.4. The molecule has 0 heterocycles. The number of nitrogens with one attached hydrogen (secondary N) is 4. The number of rotatable bonds is 21. The molecule has 1 aromatic rings. The monoisotopic (exact) mass is 683 g/mol. The molecule has 0 saturated heterocycles. The lowest BCUT2D eigenvalue weighted by Gasteiger charge is -2.25. The first-order chi connectivity index (χ1) is 21.4. The molecule has 1 rings (SSSR count). The first-order valence-corrected chi connectivity index (χ1v) is 17.4. The Morgan fingerprint density at radius 3 is 2.20 bits per heavy atom. The highest BCUT2D eigenvalue weighted by atomic mass is 32.2. The predicted octanol–water partition coefficient (Wildman–Crippen LogP) is 2.96. The largest absolute Gasteiger partial charge is 0.460 e. The molecule has 0 aliphatic heterocycles. The van der Waals surface area contributed by atoms with E-state index in [0.717, 1.165) is 5.41 Å². The molecule has 15 heteroatoms. The molecular formula is C31H49N5O8S2.